The Morgan fingerprint density at radius 3 is 2.32 bits per heavy atom. The first-order valence-electron chi connectivity index (χ1n) is 11.6. The summed E-state index contributed by atoms with van der Waals surface area (Å²) in [4.78, 5) is 27.0. The molecule has 1 aliphatic heterocycles. The lowest BCUT2D eigenvalue weighted by atomic mass is 10.1. The van der Waals surface area contributed by atoms with Crippen molar-refractivity contribution in [3.63, 3.8) is 0 Å². The number of alkyl halides is 3. The number of morpholine rings is 1. The van der Waals surface area contributed by atoms with Crippen LogP contribution >= 0.6 is 0 Å². The molecule has 0 radical (unpaired) electrons. The van der Waals surface area contributed by atoms with Crippen LogP contribution in [0.25, 0.3) is 22.5 Å². The first kappa shape index (κ1) is 24.3. The Bertz CT molecular complexity index is 1370. The van der Waals surface area contributed by atoms with E-state index in [1.165, 1.54) is 12.1 Å². The quantitative estimate of drug-likeness (QED) is 0.324. The van der Waals surface area contributed by atoms with Crippen molar-refractivity contribution in [1.29, 1.82) is 0 Å². The number of halogens is 3. The summed E-state index contributed by atoms with van der Waals surface area (Å²) in [5.74, 6) is 0.725. The SMILES string of the molecule is O=C(Nc1ccc(C(F)(F)F)cc1)Nc1cccc(-c2nc(N3CCOCC3)[nH]c2-c2ccncc2)c1. The summed E-state index contributed by atoms with van der Waals surface area (Å²) in [7, 11) is 0. The molecule has 3 N–H and O–H groups in total. The van der Waals surface area contributed by atoms with Gasteiger partial charge in [-0.2, -0.15) is 13.2 Å². The molecule has 1 saturated heterocycles. The van der Waals surface area contributed by atoms with Crippen molar-refractivity contribution in [2.24, 2.45) is 0 Å². The number of hydrogen-bond donors (Lipinski definition) is 3. The van der Waals surface area contributed by atoms with Crippen molar-refractivity contribution >= 4 is 23.4 Å². The average molecular weight is 509 g/mol. The number of ether oxygens (including phenoxy) is 1. The van der Waals surface area contributed by atoms with E-state index in [1.54, 1.807) is 30.6 Å². The molecule has 2 amide bonds. The van der Waals surface area contributed by atoms with Crippen LogP contribution in [0.15, 0.2) is 73.1 Å². The molecule has 11 heteroatoms. The second kappa shape index (κ2) is 10.3. The monoisotopic (exact) mass is 508 g/mol. The van der Waals surface area contributed by atoms with E-state index in [-0.39, 0.29) is 5.69 Å². The molecule has 0 saturated carbocycles. The van der Waals surface area contributed by atoms with Crippen LogP contribution in [0.4, 0.5) is 35.3 Å². The zero-order valence-electron chi connectivity index (χ0n) is 19.5. The van der Waals surface area contributed by atoms with Gasteiger partial charge in [-0.15, -0.1) is 0 Å². The van der Waals surface area contributed by atoms with Gasteiger partial charge in [0.15, 0.2) is 0 Å². The van der Waals surface area contributed by atoms with E-state index in [9.17, 15) is 18.0 Å². The van der Waals surface area contributed by atoms with Crippen LogP contribution < -0.4 is 15.5 Å². The van der Waals surface area contributed by atoms with Crippen LogP contribution in [0.2, 0.25) is 0 Å². The topological polar surface area (TPSA) is 95.2 Å². The Balaban J connectivity index is 1.37. The van der Waals surface area contributed by atoms with Crippen molar-refractivity contribution in [2.75, 3.05) is 41.8 Å². The van der Waals surface area contributed by atoms with E-state index in [4.69, 9.17) is 9.72 Å². The van der Waals surface area contributed by atoms with E-state index in [1.807, 2.05) is 18.2 Å². The van der Waals surface area contributed by atoms with Gasteiger partial charge in [-0.25, -0.2) is 9.78 Å². The third kappa shape index (κ3) is 5.72. The number of hydrogen-bond acceptors (Lipinski definition) is 5. The zero-order valence-corrected chi connectivity index (χ0v) is 19.5. The second-order valence-corrected chi connectivity index (χ2v) is 8.35. The number of nitrogens with zero attached hydrogens (tertiary/aromatic N) is 3. The maximum Gasteiger partial charge on any atom is 0.416 e. The highest BCUT2D eigenvalue weighted by Gasteiger charge is 2.30. The van der Waals surface area contributed by atoms with Gasteiger partial charge in [-0.05, 0) is 48.5 Å². The number of anilines is 3. The van der Waals surface area contributed by atoms with E-state index in [0.29, 0.717) is 37.7 Å². The molecular formula is C26H23F3N6O2. The number of aromatic nitrogens is 3. The molecule has 2 aromatic carbocycles. The lowest BCUT2D eigenvalue weighted by Gasteiger charge is -2.26. The Morgan fingerprint density at radius 2 is 1.62 bits per heavy atom. The van der Waals surface area contributed by atoms with Gasteiger partial charge in [0.05, 0.1) is 30.2 Å². The normalized spacial score (nSPS) is 13.9. The molecule has 0 bridgehead atoms. The van der Waals surface area contributed by atoms with E-state index < -0.39 is 17.8 Å². The summed E-state index contributed by atoms with van der Waals surface area (Å²) in [6.07, 6.45) is -1.03. The number of benzene rings is 2. The molecule has 5 rings (SSSR count). The summed E-state index contributed by atoms with van der Waals surface area (Å²) in [6, 6.07) is 14.6. The van der Waals surface area contributed by atoms with Gasteiger partial charge < -0.3 is 25.3 Å². The van der Waals surface area contributed by atoms with Gasteiger partial charge in [0.25, 0.3) is 0 Å². The zero-order chi connectivity index (χ0) is 25.8. The summed E-state index contributed by atoms with van der Waals surface area (Å²) in [5, 5.41) is 5.28. The van der Waals surface area contributed by atoms with Gasteiger partial charge in [-0.1, -0.05) is 12.1 Å². The highest BCUT2D eigenvalue weighted by Crippen LogP contribution is 2.34. The molecule has 37 heavy (non-hydrogen) atoms. The molecule has 1 fully saturated rings. The predicted octanol–water partition coefficient (Wildman–Crippen LogP) is 5.64. The number of carbonyl (C=O) groups excluding carboxylic acids is 1. The number of nitrogens with one attached hydrogen (secondary N) is 3. The number of rotatable bonds is 5. The van der Waals surface area contributed by atoms with E-state index in [2.05, 4.69) is 25.5 Å². The number of H-pyrrole nitrogens is 1. The Morgan fingerprint density at radius 1 is 0.919 bits per heavy atom. The second-order valence-electron chi connectivity index (χ2n) is 8.35. The van der Waals surface area contributed by atoms with Gasteiger partial charge in [-0.3, -0.25) is 4.98 Å². The van der Waals surface area contributed by atoms with Gasteiger partial charge in [0, 0.05) is 48.0 Å². The highest BCUT2D eigenvalue weighted by atomic mass is 19.4. The number of pyridine rings is 1. The lowest BCUT2D eigenvalue weighted by molar-refractivity contribution is -0.137. The van der Waals surface area contributed by atoms with Crippen molar-refractivity contribution in [2.45, 2.75) is 6.18 Å². The molecule has 2 aromatic heterocycles. The van der Waals surface area contributed by atoms with Crippen LogP contribution in [0, 0.1) is 0 Å². The van der Waals surface area contributed by atoms with Crippen LogP contribution in [-0.4, -0.2) is 47.3 Å². The fourth-order valence-electron chi connectivity index (χ4n) is 4.00. The standard InChI is InChI=1S/C26H23F3N6O2/c27-26(28,29)19-4-6-20(7-5-19)31-25(36)32-21-3-1-2-18(16-21)23-22(17-8-10-30-11-9-17)33-24(34-23)35-12-14-37-15-13-35/h1-11,16H,12-15H2,(H,33,34)(H2,31,32,36). The Labute approximate surface area is 210 Å². The van der Waals surface area contributed by atoms with Crippen molar-refractivity contribution in [3.8, 4) is 22.5 Å². The molecule has 4 aromatic rings. The first-order chi connectivity index (χ1) is 17.9. The number of carbonyl (C=O) groups is 1. The smallest absolute Gasteiger partial charge is 0.378 e. The maximum atomic E-state index is 12.8. The van der Waals surface area contributed by atoms with Crippen molar-refractivity contribution in [3.05, 3.63) is 78.6 Å². The van der Waals surface area contributed by atoms with Crippen molar-refractivity contribution < 1.29 is 22.7 Å². The predicted molar refractivity (Wildman–Crippen MR) is 134 cm³/mol. The fourth-order valence-corrected chi connectivity index (χ4v) is 4.00. The summed E-state index contributed by atoms with van der Waals surface area (Å²) in [5.41, 5.74) is 3.16. The molecule has 0 spiro atoms. The summed E-state index contributed by atoms with van der Waals surface area (Å²) in [6.45, 7) is 2.67. The molecule has 0 aliphatic carbocycles. The van der Waals surface area contributed by atoms with Gasteiger partial charge in [0.1, 0.15) is 0 Å². The fraction of sp³-hybridized carbons (Fsp3) is 0.192. The molecule has 0 unspecified atom stereocenters. The largest absolute Gasteiger partial charge is 0.416 e. The summed E-state index contributed by atoms with van der Waals surface area (Å²) >= 11 is 0. The third-order valence-electron chi connectivity index (χ3n) is 5.83. The maximum absolute atomic E-state index is 12.8. The van der Waals surface area contributed by atoms with Crippen LogP contribution in [0.1, 0.15) is 5.56 Å². The molecule has 8 nitrogen and oxygen atoms in total. The summed E-state index contributed by atoms with van der Waals surface area (Å²) < 4.78 is 43.8. The van der Waals surface area contributed by atoms with Crippen molar-refractivity contribution in [1.82, 2.24) is 15.0 Å². The number of amides is 2. The number of urea groups is 1. The minimum Gasteiger partial charge on any atom is -0.378 e. The lowest BCUT2D eigenvalue weighted by Crippen LogP contribution is -2.36. The minimum absolute atomic E-state index is 0.240. The average Bonchev–Trinajstić information content (AvgIpc) is 3.35. The molecule has 1 aliphatic rings. The Hall–Kier alpha value is -4.38. The molecule has 3 heterocycles. The minimum atomic E-state index is -4.44. The van der Waals surface area contributed by atoms with Crippen LogP contribution in [-0.2, 0) is 10.9 Å². The molecule has 0 atom stereocenters. The van der Waals surface area contributed by atoms with Crippen LogP contribution in [0.5, 0.6) is 0 Å². The number of imidazole rings is 1. The van der Waals surface area contributed by atoms with E-state index in [0.717, 1.165) is 34.9 Å². The highest BCUT2D eigenvalue weighted by molar-refractivity contribution is 6.00. The molecular weight excluding hydrogens is 485 g/mol. The van der Waals surface area contributed by atoms with Crippen LogP contribution in [0.3, 0.4) is 0 Å². The number of aromatic amines is 1. The third-order valence-corrected chi connectivity index (χ3v) is 5.83. The Kier molecular flexibility index (Phi) is 6.78. The first-order valence-corrected chi connectivity index (χ1v) is 11.6. The van der Waals surface area contributed by atoms with E-state index >= 15 is 0 Å². The molecule has 190 valence electrons. The van der Waals surface area contributed by atoms with Gasteiger partial charge in [0.2, 0.25) is 5.95 Å². The van der Waals surface area contributed by atoms with Gasteiger partial charge >= 0.3 is 12.2 Å².